The molecule has 0 amide bonds. The topological polar surface area (TPSA) is 48.5 Å². The molecule has 1 fully saturated rings. The highest BCUT2D eigenvalue weighted by Crippen LogP contribution is 2.36. The van der Waals surface area contributed by atoms with E-state index in [0.29, 0.717) is 5.56 Å². The lowest BCUT2D eigenvalue weighted by Crippen LogP contribution is -2.46. The minimum Gasteiger partial charge on any atom is -0.370 e. The zero-order chi connectivity index (χ0) is 25.5. The van der Waals surface area contributed by atoms with Gasteiger partial charge in [0.25, 0.3) is 0 Å². The third kappa shape index (κ3) is 7.22. The summed E-state index contributed by atoms with van der Waals surface area (Å²) in [5, 5.41) is 3.41. The van der Waals surface area contributed by atoms with Gasteiger partial charge in [-0.15, -0.1) is 0 Å². The largest absolute Gasteiger partial charge is 0.370 e. The number of Topliss-reactive ketones (excluding diaryl/α,β-unsaturated/α-hetero) is 1. The predicted molar refractivity (Wildman–Crippen MR) is 150 cm³/mol. The van der Waals surface area contributed by atoms with Crippen molar-refractivity contribution in [3.05, 3.63) is 78.0 Å². The van der Waals surface area contributed by atoms with Crippen LogP contribution < -0.4 is 10.2 Å². The van der Waals surface area contributed by atoms with E-state index in [9.17, 15) is 13.6 Å². The number of aromatic nitrogens is 1. The van der Waals surface area contributed by atoms with Gasteiger partial charge in [-0.25, -0.2) is 4.98 Å². The first-order chi connectivity index (χ1) is 17.3. The molecular weight excluding hydrogens is 573 g/mol. The second-order valence-electron chi connectivity index (χ2n) is 9.08. The van der Waals surface area contributed by atoms with Crippen molar-refractivity contribution in [1.29, 1.82) is 0 Å². The van der Waals surface area contributed by atoms with Gasteiger partial charge in [0.1, 0.15) is 5.82 Å². The summed E-state index contributed by atoms with van der Waals surface area (Å²) in [6, 6.07) is 18.3. The van der Waals surface area contributed by atoms with Crippen LogP contribution in [0.3, 0.4) is 0 Å². The number of rotatable bonds is 10. The molecule has 0 atom stereocenters. The summed E-state index contributed by atoms with van der Waals surface area (Å²) in [5.74, 6) is 0.884. The van der Waals surface area contributed by atoms with E-state index in [0.717, 1.165) is 74.7 Å². The fourth-order valence-corrected chi connectivity index (χ4v) is 4.75. The van der Waals surface area contributed by atoms with Gasteiger partial charge in [0.05, 0.1) is 0 Å². The SMILES string of the molecule is CC(=O)c1cccc(-c2ccnc(NCCCCN3CCN(c4cccc(C(F)(F)I)c4)CC3)c2)c1. The Hall–Kier alpha value is -2.59. The first-order valence-corrected chi connectivity index (χ1v) is 13.3. The smallest absolute Gasteiger partial charge is 0.321 e. The summed E-state index contributed by atoms with van der Waals surface area (Å²) in [4.78, 5) is 20.7. The number of benzene rings is 2. The van der Waals surface area contributed by atoms with Gasteiger partial charge in [-0.1, -0.05) is 30.3 Å². The highest BCUT2D eigenvalue weighted by atomic mass is 127. The molecule has 2 heterocycles. The first kappa shape index (κ1) is 26.5. The van der Waals surface area contributed by atoms with Gasteiger partial charge >= 0.3 is 3.93 Å². The summed E-state index contributed by atoms with van der Waals surface area (Å²) in [7, 11) is 0. The Morgan fingerprint density at radius 2 is 1.75 bits per heavy atom. The van der Waals surface area contributed by atoms with Crippen molar-refractivity contribution in [2.45, 2.75) is 23.7 Å². The number of hydrogen-bond donors (Lipinski definition) is 1. The van der Waals surface area contributed by atoms with Gasteiger partial charge in [-0.05, 0) is 67.8 Å². The Labute approximate surface area is 225 Å². The molecule has 0 radical (unpaired) electrons. The average Bonchev–Trinajstić information content (AvgIpc) is 2.89. The molecule has 1 N–H and O–H groups in total. The number of anilines is 2. The molecule has 0 saturated carbocycles. The number of hydrogen-bond acceptors (Lipinski definition) is 5. The van der Waals surface area contributed by atoms with E-state index in [1.165, 1.54) is 28.7 Å². The van der Waals surface area contributed by atoms with Crippen molar-refractivity contribution in [2.75, 3.05) is 49.5 Å². The van der Waals surface area contributed by atoms with Gasteiger partial charge in [0.2, 0.25) is 0 Å². The highest BCUT2D eigenvalue weighted by molar-refractivity contribution is 14.1. The molecule has 1 aromatic heterocycles. The van der Waals surface area contributed by atoms with Crippen molar-refractivity contribution < 1.29 is 13.6 Å². The monoisotopic (exact) mass is 604 g/mol. The molecule has 36 heavy (non-hydrogen) atoms. The molecule has 0 spiro atoms. The Balaban J connectivity index is 1.19. The lowest BCUT2D eigenvalue weighted by Gasteiger charge is -2.36. The second-order valence-corrected chi connectivity index (χ2v) is 10.4. The number of carbonyl (C=O) groups is 1. The second kappa shape index (κ2) is 12.1. The maximum absolute atomic E-state index is 13.7. The number of piperazine rings is 1. The molecule has 0 aliphatic carbocycles. The van der Waals surface area contributed by atoms with Crippen LogP contribution in [-0.4, -0.2) is 54.9 Å². The van der Waals surface area contributed by atoms with Crippen LogP contribution in [0, 0.1) is 0 Å². The lowest BCUT2D eigenvalue weighted by atomic mass is 10.0. The van der Waals surface area contributed by atoms with Crippen LogP contribution in [0.5, 0.6) is 0 Å². The third-order valence-electron chi connectivity index (χ3n) is 6.48. The van der Waals surface area contributed by atoms with E-state index in [1.807, 2.05) is 42.5 Å². The van der Waals surface area contributed by atoms with Crippen LogP contribution in [0.25, 0.3) is 11.1 Å². The standard InChI is InChI=1S/C28H31F2IN4O/c1-21(36)22-6-4-7-23(18-22)24-10-12-33-27(19-24)32-11-2-3-13-34-14-16-35(17-15-34)26-9-5-8-25(20-26)28(29,30)31/h4-10,12,18-20H,2-3,11,13-17H2,1H3,(H,32,33). The summed E-state index contributed by atoms with van der Waals surface area (Å²) < 4.78 is 24.5. The number of carbonyl (C=O) groups excluding carboxylic acids is 1. The zero-order valence-electron chi connectivity index (χ0n) is 20.4. The molecular formula is C28H31F2IN4O. The van der Waals surface area contributed by atoms with Gasteiger partial charge in [-0.3, -0.25) is 9.69 Å². The summed E-state index contributed by atoms with van der Waals surface area (Å²) >= 11 is 1.19. The van der Waals surface area contributed by atoms with E-state index in [1.54, 1.807) is 25.3 Å². The number of alkyl halides is 3. The van der Waals surface area contributed by atoms with Crippen molar-refractivity contribution >= 4 is 39.9 Å². The number of ketones is 1. The maximum atomic E-state index is 13.7. The predicted octanol–water partition coefficient (Wildman–Crippen LogP) is 6.45. The van der Waals surface area contributed by atoms with Crippen LogP contribution in [0.15, 0.2) is 66.9 Å². The molecule has 8 heteroatoms. The molecule has 5 nitrogen and oxygen atoms in total. The number of halogens is 3. The minimum atomic E-state index is -2.85. The van der Waals surface area contributed by atoms with Crippen molar-refractivity contribution in [3.63, 3.8) is 0 Å². The maximum Gasteiger partial charge on any atom is 0.321 e. The summed E-state index contributed by atoms with van der Waals surface area (Å²) in [6.45, 7) is 6.98. The van der Waals surface area contributed by atoms with Gasteiger partial charge in [0, 0.05) is 78.3 Å². The van der Waals surface area contributed by atoms with E-state index in [-0.39, 0.29) is 11.3 Å². The van der Waals surface area contributed by atoms with Gasteiger partial charge < -0.3 is 10.2 Å². The fraction of sp³-hybridized carbons (Fsp3) is 0.357. The van der Waals surface area contributed by atoms with Crippen molar-refractivity contribution in [2.24, 2.45) is 0 Å². The minimum absolute atomic E-state index is 0.0557. The quantitative estimate of drug-likeness (QED) is 0.125. The zero-order valence-corrected chi connectivity index (χ0v) is 22.5. The van der Waals surface area contributed by atoms with Crippen LogP contribution in [0.1, 0.15) is 35.7 Å². The van der Waals surface area contributed by atoms with Crippen LogP contribution >= 0.6 is 22.6 Å². The van der Waals surface area contributed by atoms with E-state index in [2.05, 4.69) is 20.1 Å². The Kier molecular flexibility index (Phi) is 8.90. The molecule has 4 rings (SSSR count). The molecule has 1 saturated heterocycles. The molecule has 190 valence electrons. The Morgan fingerprint density at radius 1 is 1.00 bits per heavy atom. The summed E-state index contributed by atoms with van der Waals surface area (Å²) in [5.41, 5.74) is 3.66. The van der Waals surface area contributed by atoms with Crippen LogP contribution in [-0.2, 0) is 3.93 Å². The molecule has 2 aromatic carbocycles. The average molecular weight is 604 g/mol. The van der Waals surface area contributed by atoms with E-state index < -0.39 is 3.93 Å². The first-order valence-electron chi connectivity index (χ1n) is 12.3. The Morgan fingerprint density at radius 3 is 2.50 bits per heavy atom. The van der Waals surface area contributed by atoms with E-state index >= 15 is 0 Å². The van der Waals surface area contributed by atoms with E-state index in [4.69, 9.17) is 0 Å². The van der Waals surface area contributed by atoms with Gasteiger partial charge in [-0.2, -0.15) is 8.78 Å². The molecule has 1 aliphatic rings. The fourth-order valence-electron chi connectivity index (χ4n) is 4.41. The molecule has 1 aliphatic heterocycles. The number of unbranched alkanes of at least 4 members (excludes halogenated alkanes) is 1. The van der Waals surface area contributed by atoms with Crippen LogP contribution in [0.4, 0.5) is 20.3 Å². The number of nitrogens with one attached hydrogen (secondary N) is 1. The Bertz CT molecular complexity index is 1180. The van der Waals surface area contributed by atoms with Gasteiger partial charge in [0.15, 0.2) is 5.78 Å². The normalized spacial score (nSPS) is 14.6. The molecule has 0 bridgehead atoms. The molecule has 0 unspecified atom stereocenters. The van der Waals surface area contributed by atoms with Crippen LogP contribution in [0.2, 0.25) is 0 Å². The number of pyridine rings is 1. The lowest BCUT2D eigenvalue weighted by molar-refractivity contribution is 0.101. The highest BCUT2D eigenvalue weighted by Gasteiger charge is 2.27. The molecule has 3 aromatic rings. The third-order valence-corrected chi connectivity index (χ3v) is 7.10. The summed E-state index contributed by atoms with van der Waals surface area (Å²) in [6.07, 6.45) is 3.89. The van der Waals surface area contributed by atoms with Crippen molar-refractivity contribution in [1.82, 2.24) is 9.88 Å². The van der Waals surface area contributed by atoms with Crippen molar-refractivity contribution in [3.8, 4) is 11.1 Å². The number of nitrogens with zero attached hydrogens (tertiary/aromatic N) is 3.